The first kappa shape index (κ1) is 27.0. The quantitative estimate of drug-likeness (QED) is 0.397. The van der Waals surface area contributed by atoms with Gasteiger partial charge in [-0.1, -0.05) is 30.3 Å². The SMILES string of the molecule is CCOc1ccc(N2C(=O)CC(N(CCc3ccccc3)S(=O)(=O)c3ccc(NC(C)=O)cc3)C2=O)cc1. The van der Waals surface area contributed by atoms with Gasteiger partial charge < -0.3 is 10.1 Å². The van der Waals surface area contributed by atoms with E-state index in [0.717, 1.165) is 14.8 Å². The number of benzene rings is 3. The number of amides is 3. The number of imide groups is 1. The molecule has 198 valence electrons. The van der Waals surface area contributed by atoms with Crippen LogP contribution in [0, 0.1) is 0 Å². The van der Waals surface area contributed by atoms with Gasteiger partial charge in [0, 0.05) is 19.2 Å². The van der Waals surface area contributed by atoms with Gasteiger partial charge in [-0.25, -0.2) is 13.3 Å². The molecule has 10 heteroatoms. The second-order valence-corrected chi connectivity index (χ2v) is 10.7. The molecule has 1 fully saturated rings. The Balaban J connectivity index is 1.65. The highest BCUT2D eigenvalue weighted by Crippen LogP contribution is 2.31. The number of nitrogens with one attached hydrogen (secondary N) is 1. The molecule has 1 heterocycles. The summed E-state index contributed by atoms with van der Waals surface area (Å²) in [6.07, 6.45) is 0.0785. The van der Waals surface area contributed by atoms with E-state index in [1.807, 2.05) is 37.3 Å². The minimum Gasteiger partial charge on any atom is -0.494 e. The maximum atomic E-state index is 13.8. The standard InChI is InChI=1S/C28H29N3O6S/c1-3-37-24-13-11-23(12-14-24)31-27(33)19-26(28(31)34)30(18-17-21-7-5-4-6-8-21)38(35,36)25-15-9-22(10-16-25)29-20(2)32/h4-16,26H,3,17-19H2,1-2H3,(H,29,32). The highest BCUT2D eigenvalue weighted by molar-refractivity contribution is 7.89. The molecule has 3 aromatic carbocycles. The Bertz CT molecular complexity index is 1410. The molecule has 1 N–H and O–H groups in total. The molecular formula is C28H29N3O6S. The maximum Gasteiger partial charge on any atom is 0.252 e. The van der Waals surface area contributed by atoms with Crippen molar-refractivity contribution < 1.29 is 27.5 Å². The normalized spacial score (nSPS) is 15.7. The molecule has 3 amide bonds. The van der Waals surface area contributed by atoms with E-state index in [1.54, 1.807) is 24.3 Å². The van der Waals surface area contributed by atoms with Gasteiger partial charge >= 0.3 is 0 Å². The van der Waals surface area contributed by atoms with E-state index in [9.17, 15) is 22.8 Å². The molecule has 1 unspecified atom stereocenters. The minimum absolute atomic E-state index is 0.000594. The van der Waals surface area contributed by atoms with Crippen LogP contribution < -0.4 is 15.0 Å². The fourth-order valence-electron chi connectivity index (χ4n) is 4.35. The van der Waals surface area contributed by atoms with Crippen LogP contribution in [0.3, 0.4) is 0 Å². The second kappa shape index (κ2) is 11.6. The van der Waals surface area contributed by atoms with Crippen molar-refractivity contribution in [2.75, 3.05) is 23.4 Å². The average Bonchev–Trinajstić information content (AvgIpc) is 3.18. The molecule has 0 aromatic heterocycles. The topological polar surface area (TPSA) is 113 Å². The molecule has 1 aliphatic heterocycles. The molecule has 1 saturated heterocycles. The summed E-state index contributed by atoms with van der Waals surface area (Å²) in [5.41, 5.74) is 1.70. The molecule has 3 aromatic rings. The molecule has 1 atom stereocenters. The number of rotatable bonds is 10. The molecule has 0 saturated carbocycles. The fraction of sp³-hybridized carbons (Fsp3) is 0.250. The molecule has 4 rings (SSSR count). The van der Waals surface area contributed by atoms with Gasteiger partial charge in [-0.3, -0.25) is 14.4 Å². The molecule has 0 spiro atoms. The first-order valence-electron chi connectivity index (χ1n) is 12.2. The minimum atomic E-state index is -4.17. The highest BCUT2D eigenvalue weighted by Gasteiger charge is 2.46. The lowest BCUT2D eigenvalue weighted by atomic mass is 10.1. The van der Waals surface area contributed by atoms with Crippen molar-refractivity contribution in [2.45, 2.75) is 37.6 Å². The summed E-state index contributed by atoms with van der Waals surface area (Å²) >= 11 is 0. The number of carbonyl (C=O) groups excluding carboxylic acids is 3. The maximum absolute atomic E-state index is 13.8. The van der Waals surface area contributed by atoms with Gasteiger partial charge in [-0.15, -0.1) is 0 Å². The van der Waals surface area contributed by atoms with Crippen molar-refractivity contribution in [1.82, 2.24) is 4.31 Å². The Labute approximate surface area is 222 Å². The lowest BCUT2D eigenvalue weighted by Crippen LogP contribution is -2.46. The number of hydrogen-bond acceptors (Lipinski definition) is 6. The van der Waals surface area contributed by atoms with Crippen LogP contribution in [-0.2, 0) is 30.8 Å². The van der Waals surface area contributed by atoms with E-state index in [-0.39, 0.29) is 23.8 Å². The van der Waals surface area contributed by atoms with Gasteiger partial charge in [0.1, 0.15) is 11.8 Å². The Morgan fingerprint density at radius 3 is 2.26 bits per heavy atom. The monoisotopic (exact) mass is 535 g/mol. The molecular weight excluding hydrogens is 506 g/mol. The van der Waals surface area contributed by atoms with E-state index in [0.29, 0.717) is 30.2 Å². The molecule has 0 bridgehead atoms. The summed E-state index contributed by atoms with van der Waals surface area (Å²) in [4.78, 5) is 38.9. The van der Waals surface area contributed by atoms with Gasteiger partial charge in [0.2, 0.25) is 21.8 Å². The van der Waals surface area contributed by atoms with E-state index >= 15 is 0 Å². The highest BCUT2D eigenvalue weighted by atomic mass is 32.2. The lowest BCUT2D eigenvalue weighted by Gasteiger charge is -2.27. The summed E-state index contributed by atoms with van der Waals surface area (Å²) < 4.78 is 34.2. The van der Waals surface area contributed by atoms with Crippen molar-refractivity contribution in [3.63, 3.8) is 0 Å². The third-order valence-corrected chi connectivity index (χ3v) is 8.04. The average molecular weight is 536 g/mol. The van der Waals surface area contributed by atoms with Crippen molar-refractivity contribution in [1.29, 1.82) is 0 Å². The van der Waals surface area contributed by atoms with Crippen LogP contribution in [0.25, 0.3) is 0 Å². The van der Waals surface area contributed by atoms with Crippen molar-refractivity contribution in [3.8, 4) is 5.75 Å². The number of hydrogen-bond donors (Lipinski definition) is 1. The number of sulfonamides is 1. The van der Waals surface area contributed by atoms with Crippen molar-refractivity contribution in [2.24, 2.45) is 0 Å². The number of anilines is 2. The van der Waals surface area contributed by atoms with Crippen LogP contribution in [0.4, 0.5) is 11.4 Å². The van der Waals surface area contributed by atoms with Crippen LogP contribution in [0.15, 0.2) is 83.8 Å². The van der Waals surface area contributed by atoms with Crippen LogP contribution in [0.5, 0.6) is 5.75 Å². The van der Waals surface area contributed by atoms with Crippen LogP contribution in [-0.4, -0.2) is 49.6 Å². The number of nitrogens with zero attached hydrogens (tertiary/aromatic N) is 2. The van der Waals surface area contributed by atoms with Gasteiger partial charge in [-0.2, -0.15) is 4.31 Å². The van der Waals surface area contributed by atoms with Crippen LogP contribution in [0.1, 0.15) is 25.8 Å². The summed E-state index contributed by atoms with van der Waals surface area (Å²) in [5.74, 6) is -0.771. The second-order valence-electron chi connectivity index (χ2n) is 8.77. The number of carbonyl (C=O) groups is 3. The third-order valence-electron chi connectivity index (χ3n) is 6.12. The molecule has 9 nitrogen and oxygen atoms in total. The van der Waals surface area contributed by atoms with Gasteiger partial charge in [0.05, 0.1) is 23.6 Å². The lowest BCUT2D eigenvalue weighted by molar-refractivity contribution is -0.122. The van der Waals surface area contributed by atoms with Gasteiger partial charge in [-0.05, 0) is 67.4 Å². The summed E-state index contributed by atoms with van der Waals surface area (Å²) in [6, 6.07) is 20.4. The summed E-state index contributed by atoms with van der Waals surface area (Å²) in [7, 11) is -4.17. The van der Waals surface area contributed by atoms with E-state index in [2.05, 4.69) is 5.32 Å². The Kier molecular flexibility index (Phi) is 8.23. The third kappa shape index (κ3) is 5.92. The molecule has 38 heavy (non-hydrogen) atoms. The van der Waals surface area contributed by atoms with E-state index in [1.165, 1.54) is 31.2 Å². The summed E-state index contributed by atoms with van der Waals surface area (Å²) in [5, 5.41) is 2.60. The van der Waals surface area contributed by atoms with Crippen molar-refractivity contribution >= 4 is 39.1 Å². The smallest absolute Gasteiger partial charge is 0.252 e. The fourth-order valence-corrected chi connectivity index (χ4v) is 5.93. The summed E-state index contributed by atoms with van der Waals surface area (Å²) in [6.45, 7) is 3.68. The Morgan fingerprint density at radius 2 is 1.66 bits per heavy atom. The zero-order valence-electron chi connectivity index (χ0n) is 21.2. The predicted molar refractivity (Wildman–Crippen MR) is 143 cm³/mol. The van der Waals surface area contributed by atoms with Gasteiger partial charge in [0.25, 0.3) is 5.91 Å². The first-order chi connectivity index (χ1) is 18.2. The van der Waals surface area contributed by atoms with Crippen LogP contribution >= 0.6 is 0 Å². The largest absolute Gasteiger partial charge is 0.494 e. The zero-order valence-corrected chi connectivity index (χ0v) is 22.0. The van der Waals surface area contributed by atoms with E-state index in [4.69, 9.17) is 4.74 Å². The molecule has 0 radical (unpaired) electrons. The van der Waals surface area contributed by atoms with Crippen LogP contribution in [0.2, 0.25) is 0 Å². The number of ether oxygens (including phenoxy) is 1. The zero-order chi connectivity index (χ0) is 27.3. The Morgan fingerprint density at radius 1 is 1.00 bits per heavy atom. The van der Waals surface area contributed by atoms with E-state index < -0.39 is 27.9 Å². The predicted octanol–water partition coefficient (Wildman–Crippen LogP) is 3.61. The first-order valence-corrected chi connectivity index (χ1v) is 13.7. The molecule has 1 aliphatic rings. The Hall–Kier alpha value is -4.02. The van der Waals surface area contributed by atoms with Crippen molar-refractivity contribution in [3.05, 3.63) is 84.4 Å². The van der Waals surface area contributed by atoms with Gasteiger partial charge in [0.15, 0.2) is 0 Å². The molecule has 0 aliphatic carbocycles.